The fourth-order valence-corrected chi connectivity index (χ4v) is 2.99. The summed E-state index contributed by atoms with van der Waals surface area (Å²) >= 11 is 11.3. The molecule has 2 aromatic rings. The van der Waals surface area contributed by atoms with Gasteiger partial charge in [-0.15, -0.1) is 0 Å². The standard InChI is InChI=1S/C12H12ClN3O2S2/c1-6(17)14-9(5-19)11(18)16-12-15-8-3-2-7(13)4-10(8)20-12/h2-4,9,19H,5H2,1H3,(H,14,17)(H,15,16,18). The quantitative estimate of drug-likeness (QED) is 0.754. The molecule has 5 nitrogen and oxygen atoms in total. The lowest BCUT2D eigenvalue weighted by atomic mass is 10.3. The van der Waals surface area contributed by atoms with Crippen molar-refractivity contribution in [1.29, 1.82) is 0 Å². The first-order chi connectivity index (χ1) is 9.49. The number of hydrogen-bond acceptors (Lipinski definition) is 5. The fourth-order valence-electron chi connectivity index (χ4n) is 1.58. The van der Waals surface area contributed by atoms with Gasteiger partial charge in [0.2, 0.25) is 11.8 Å². The summed E-state index contributed by atoms with van der Waals surface area (Å²) in [4.78, 5) is 27.3. The number of carbonyl (C=O) groups excluding carboxylic acids is 2. The van der Waals surface area contributed by atoms with Crippen LogP contribution in [0.5, 0.6) is 0 Å². The molecule has 0 aliphatic heterocycles. The molecular weight excluding hydrogens is 318 g/mol. The number of halogens is 1. The molecule has 0 radical (unpaired) electrons. The summed E-state index contributed by atoms with van der Waals surface area (Å²) in [6, 6.07) is 4.62. The average Bonchev–Trinajstić information content (AvgIpc) is 2.76. The molecule has 2 amide bonds. The number of anilines is 1. The van der Waals surface area contributed by atoms with E-state index in [0.29, 0.717) is 10.2 Å². The molecule has 1 aromatic heterocycles. The third-order valence-electron chi connectivity index (χ3n) is 2.46. The lowest BCUT2D eigenvalue weighted by Gasteiger charge is -2.13. The molecule has 106 valence electrons. The van der Waals surface area contributed by atoms with Gasteiger partial charge >= 0.3 is 0 Å². The molecule has 1 heterocycles. The number of benzene rings is 1. The average molecular weight is 330 g/mol. The van der Waals surface area contributed by atoms with Crippen molar-refractivity contribution in [3.05, 3.63) is 23.2 Å². The fraction of sp³-hybridized carbons (Fsp3) is 0.250. The lowest BCUT2D eigenvalue weighted by Crippen LogP contribution is -2.44. The molecule has 1 atom stereocenters. The third kappa shape index (κ3) is 3.62. The smallest absolute Gasteiger partial charge is 0.249 e. The Morgan fingerprint density at radius 2 is 2.25 bits per heavy atom. The highest BCUT2D eigenvalue weighted by Crippen LogP contribution is 2.28. The van der Waals surface area contributed by atoms with E-state index in [9.17, 15) is 9.59 Å². The maximum absolute atomic E-state index is 12.0. The number of aromatic nitrogens is 1. The van der Waals surface area contributed by atoms with Gasteiger partial charge in [-0.25, -0.2) is 4.98 Å². The minimum absolute atomic E-state index is 0.210. The Labute approximate surface area is 130 Å². The van der Waals surface area contributed by atoms with Crippen LogP contribution in [0.3, 0.4) is 0 Å². The van der Waals surface area contributed by atoms with Crippen LogP contribution < -0.4 is 10.6 Å². The molecule has 2 N–H and O–H groups in total. The second-order valence-corrected chi connectivity index (χ2v) is 5.89. The zero-order valence-corrected chi connectivity index (χ0v) is 13.0. The second-order valence-electron chi connectivity index (χ2n) is 4.06. The number of nitrogens with zero attached hydrogens (tertiary/aromatic N) is 1. The summed E-state index contributed by atoms with van der Waals surface area (Å²) in [6.07, 6.45) is 0. The van der Waals surface area contributed by atoms with Crippen molar-refractivity contribution in [2.24, 2.45) is 0 Å². The Balaban J connectivity index is 2.14. The van der Waals surface area contributed by atoms with Crippen LogP contribution in [0.4, 0.5) is 5.13 Å². The normalized spacial score (nSPS) is 12.2. The van der Waals surface area contributed by atoms with Crippen LogP contribution in [-0.2, 0) is 9.59 Å². The molecule has 1 aromatic carbocycles. The summed E-state index contributed by atoms with van der Waals surface area (Å²) in [7, 11) is 0. The van der Waals surface area contributed by atoms with Crippen molar-refractivity contribution in [3.63, 3.8) is 0 Å². The van der Waals surface area contributed by atoms with E-state index in [1.807, 2.05) is 0 Å². The van der Waals surface area contributed by atoms with Crippen LogP contribution in [-0.4, -0.2) is 28.6 Å². The zero-order valence-electron chi connectivity index (χ0n) is 10.5. The Bertz CT molecular complexity index is 659. The largest absolute Gasteiger partial charge is 0.344 e. The molecule has 0 aliphatic carbocycles. The van der Waals surface area contributed by atoms with Gasteiger partial charge in [0.05, 0.1) is 10.2 Å². The summed E-state index contributed by atoms with van der Waals surface area (Å²) in [5, 5.41) is 6.27. The van der Waals surface area contributed by atoms with Crippen LogP contribution in [0.2, 0.25) is 5.02 Å². The first-order valence-corrected chi connectivity index (χ1v) is 7.57. The maximum Gasteiger partial charge on any atom is 0.249 e. The number of nitrogens with one attached hydrogen (secondary N) is 2. The van der Waals surface area contributed by atoms with Gasteiger partial charge in [0, 0.05) is 17.7 Å². The van der Waals surface area contributed by atoms with E-state index in [0.717, 1.165) is 10.2 Å². The highest BCUT2D eigenvalue weighted by Gasteiger charge is 2.19. The van der Waals surface area contributed by atoms with E-state index in [2.05, 4.69) is 28.2 Å². The van der Waals surface area contributed by atoms with E-state index < -0.39 is 6.04 Å². The zero-order chi connectivity index (χ0) is 14.7. The molecular formula is C12H12ClN3O2S2. The molecule has 2 rings (SSSR count). The number of carbonyl (C=O) groups is 2. The highest BCUT2D eigenvalue weighted by atomic mass is 35.5. The molecule has 0 saturated carbocycles. The third-order valence-corrected chi connectivity index (χ3v) is 3.99. The summed E-state index contributed by atoms with van der Waals surface area (Å²) < 4.78 is 0.884. The van der Waals surface area contributed by atoms with E-state index >= 15 is 0 Å². The Kier molecular flexibility index (Phi) is 4.85. The van der Waals surface area contributed by atoms with E-state index in [-0.39, 0.29) is 17.6 Å². The van der Waals surface area contributed by atoms with Crippen molar-refractivity contribution < 1.29 is 9.59 Å². The Hall–Kier alpha value is -1.31. The number of amides is 2. The van der Waals surface area contributed by atoms with Gasteiger partial charge in [-0.2, -0.15) is 12.6 Å². The van der Waals surface area contributed by atoms with Crippen molar-refractivity contribution in [1.82, 2.24) is 10.3 Å². The minimum Gasteiger partial charge on any atom is -0.344 e. The number of fused-ring (bicyclic) bond motifs is 1. The van der Waals surface area contributed by atoms with Crippen LogP contribution in [0, 0.1) is 0 Å². The van der Waals surface area contributed by atoms with Crippen LogP contribution in [0.25, 0.3) is 10.2 Å². The predicted molar refractivity (Wildman–Crippen MR) is 84.7 cm³/mol. The Morgan fingerprint density at radius 1 is 1.50 bits per heavy atom. The van der Waals surface area contributed by atoms with Crippen molar-refractivity contribution >= 4 is 62.7 Å². The minimum atomic E-state index is -0.688. The molecule has 0 bridgehead atoms. The van der Waals surface area contributed by atoms with Crippen LogP contribution >= 0.6 is 35.6 Å². The SMILES string of the molecule is CC(=O)NC(CS)C(=O)Nc1nc2ccc(Cl)cc2s1. The maximum atomic E-state index is 12.0. The first kappa shape index (κ1) is 15.1. The van der Waals surface area contributed by atoms with Crippen molar-refractivity contribution in [2.75, 3.05) is 11.1 Å². The van der Waals surface area contributed by atoms with Gasteiger partial charge in [0.1, 0.15) is 6.04 Å². The number of thiazole rings is 1. The van der Waals surface area contributed by atoms with Crippen LogP contribution in [0.15, 0.2) is 18.2 Å². The lowest BCUT2D eigenvalue weighted by molar-refractivity contribution is -0.124. The molecule has 20 heavy (non-hydrogen) atoms. The molecule has 1 unspecified atom stereocenters. The number of thiol groups is 1. The Morgan fingerprint density at radius 3 is 2.90 bits per heavy atom. The predicted octanol–water partition coefficient (Wildman–Crippen LogP) is 2.32. The van der Waals surface area contributed by atoms with E-state index in [1.54, 1.807) is 18.2 Å². The van der Waals surface area contributed by atoms with Crippen molar-refractivity contribution in [2.45, 2.75) is 13.0 Å². The summed E-state index contributed by atoms with van der Waals surface area (Å²) in [5.74, 6) is -0.419. The van der Waals surface area contributed by atoms with E-state index in [4.69, 9.17) is 11.6 Å². The monoisotopic (exact) mass is 329 g/mol. The second kappa shape index (κ2) is 6.43. The van der Waals surface area contributed by atoms with Gasteiger partial charge in [-0.1, -0.05) is 22.9 Å². The molecule has 8 heteroatoms. The van der Waals surface area contributed by atoms with Gasteiger partial charge in [-0.3, -0.25) is 9.59 Å². The number of rotatable bonds is 4. The number of hydrogen-bond donors (Lipinski definition) is 3. The highest BCUT2D eigenvalue weighted by molar-refractivity contribution is 7.80. The molecule has 0 spiro atoms. The van der Waals surface area contributed by atoms with Crippen LogP contribution in [0.1, 0.15) is 6.92 Å². The molecule has 0 saturated heterocycles. The first-order valence-electron chi connectivity index (χ1n) is 5.74. The van der Waals surface area contributed by atoms with E-state index in [1.165, 1.54) is 18.3 Å². The van der Waals surface area contributed by atoms with Gasteiger partial charge in [0.25, 0.3) is 0 Å². The van der Waals surface area contributed by atoms with Gasteiger partial charge < -0.3 is 10.6 Å². The topological polar surface area (TPSA) is 71.1 Å². The van der Waals surface area contributed by atoms with Crippen molar-refractivity contribution in [3.8, 4) is 0 Å². The van der Waals surface area contributed by atoms with Gasteiger partial charge in [-0.05, 0) is 18.2 Å². The summed E-state index contributed by atoms with van der Waals surface area (Å²) in [5.41, 5.74) is 0.761. The summed E-state index contributed by atoms with van der Waals surface area (Å²) in [6.45, 7) is 1.35. The molecule has 0 aliphatic rings. The molecule has 0 fully saturated rings. The van der Waals surface area contributed by atoms with Gasteiger partial charge in [0.15, 0.2) is 5.13 Å².